The van der Waals surface area contributed by atoms with Crippen LogP contribution < -0.4 is 5.32 Å². The van der Waals surface area contributed by atoms with Crippen LogP contribution in [0.1, 0.15) is 47.9 Å². The van der Waals surface area contributed by atoms with E-state index in [0.717, 1.165) is 41.7 Å². The van der Waals surface area contributed by atoms with Gasteiger partial charge in [-0.05, 0) is 43.0 Å². The Bertz CT molecular complexity index is 1250. The van der Waals surface area contributed by atoms with Crippen molar-refractivity contribution in [3.05, 3.63) is 47.0 Å². The fourth-order valence-electron chi connectivity index (χ4n) is 4.65. The molecular formula is C24H26F4N6O. The second-order valence-electron chi connectivity index (χ2n) is 8.86. The lowest BCUT2D eigenvalue weighted by molar-refractivity contribution is -0.134. The van der Waals surface area contributed by atoms with Crippen molar-refractivity contribution in [1.29, 1.82) is 5.26 Å². The van der Waals surface area contributed by atoms with Crippen LogP contribution in [-0.2, 0) is 17.8 Å². The predicted octanol–water partition coefficient (Wildman–Crippen LogP) is 4.78. The van der Waals surface area contributed by atoms with Gasteiger partial charge in [0.25, 0.3) is 5.91 Å². The molecule has 0 spiro atoms. The molecule has 1 amide bonds. The molecule has 1 aliphatic heterocycles. The van der Waals surface area contributed by atoms with Gasteiger partial charge in [0.2, 0.25) is 0 Å². The number of amides is 1. The van der Waals surface area contributed by atoms with Gasteiger partial charge in [0, 0.05) is 49.2 Å². The van der Waals surface area contributed by atoms with Crippen LogP contribution in [0.2, 0.25) is 0 Å². The van der Waals surface area contributed by atoms with Gasteiger partial charge in [-0.1, -0.05) is 6.07 Å². The number of nitrogens with zero attached hydrogens (tertiary/aromatic N) is 4. The number of carbonyl (C=O) groups is 1. The van der Waals surface area contributed by atoms with Gasteiger partial charge in [-0.2, -0.15) is 18.4 Å². The number of nitrogens with one attached hydrogen (secondary N) is 2. The molecule has 4 rings (SSSR count). The van der Waals surface area contributed by atoms with Gasteiger partial charge < -0.3 is 14.9 Å². The Morgan fingerprint density at radius 3 is 2.71 bits per heavy atom. The van der Waals surface area contributed by atoms with Gasteiger partial charge in [0.05, 0.1) is 6.42 Å². The van der Waals surface area contributed by atoms with Crippen molar-refractivity contribution in [2.75, 3.05) is 25.1 Å². The fourth-order valence-corrected chi connectivity index (χ4v) is 4.65. The second-order valence-corrected chi connectivity index (χ2v) is 8.86. The number of piperidine rings is 1. The van der Waals surface area contributed by atoms with Crippen LogP contribution >= 0.6 is 0 Å². The highest BCUT2D eigenvalue weighted by Crippen LogP contribution is 2.30. The summed E-state index contributed by atoms with van der Waals surface area (Å²) in [7, 11) is 0. The highest BCUT2D eigenvalue weighted by atomic mass is 19.4. The second kappa shape index (κ2) is 10.1. The number of anilines is 1. The Morgan fingerprint density at radius 1 is 1.31 bits per heavy atom. The number of nitriles is 1. The van der Waals surface area contributed by atoms with Crippen LogP contribution in [0.3, 0.4) is 0 Å². The van der Waals surface area contributed by atoms with Crippen LogP contribution in [0.25, 0.3) is 10.9 Å². The summed E-state index contributed by atoms with van der Waals surface area (Å²) in [5.41, 5.74) is 3.71. The van der Waals surface area contributed by atoms with Gasteiger partial charge in [-0.15, -0.1) is 0 Å². The number of aromatic nitrogens is 3. The van der Waals surface area contributed by atoms with Crippen LogP contribution in [0, 0.1) is 18.3 Å². The molecule has 1 aliphatic rings. The van der Waals surface area contributed by atoms with Crippen molar-refractivity contribution in [3.63, 3.8) is 0 Å². The van der Waals surface area contributed by atoms with E-state index in [1.165, 1.54) is 6.20 Å². The van der Waals surface area contributed by atoms with Crippen molar-refractivity contribution < 1.29 is 22.4 Å². The Hall–Kier alpha value is -3.39. The highest BCUT2D eigenvalue weighted by molar-refractivity contribution is 5.90. The number of aromatic amines is 1. The molecule has 0 radical (unpaired) electrons. The molecule has 0 bridgehead atoms. The van der Waals surface area contributed by atoms with Crippen molar-refractivity contribution in [1.82, 2.24) is 19.4 Å². The number of carbonyl (C=O) groups excluding carboxylic acids is 1. The average Bonchev–Trinajstić information content (AvgIpc) is 3.44. The number of benzene rings is 1. The van der Waals surface area contributed by atoms with E-state index in [1.54, 1.807) is 4.57 Å². The van der Waals surface area contributed by atoms with E-state index in [9.17, 15) is 22.4 Å². The first-order chi connectivity index (χ1) is 16.7. The Kier molecular flexibility index (Phi) is 7.12. The molecule has 3 heterocycles. The standard InChI is InChI=1S/C24H26F4N6O/c1-15-16(2-3-20-19(15)10-17(12-29)30-20)13-33-8-5-18(6-9-33)34-14-21(32-23(35)11-25)31-22(34)4-7-24(26,27)28/h2-3,10,14,18,30H,4-9,11,13H2,1H3,(H,32,35). The number of fused-ring (bicyclic) bond motifs is 1. The minimum Gasteiger partial charge on any atom is -0.346 e. The summed E-state index contributed by atoms with van der Waals surface area (Å²) in [5.74, 6) is -0.583. The van der Waals surface area contributed by atoms with Crippen LogP contribution in [0.4, 0.5) is 23.4 Å². The first kappa shape index (κ1) is 24.7. The molecule has 1 aromatic carbocycles. The largest absolute Gasteiger partial charge is 0.389 e. The number of rotatable bonds is 7. The van der Waals surface area contributed by atoms with E-state index in [1.807, 2.05) is 25.1 Å². The molecule has 1 fully saturated rings. The quantitative estimate of drug-likeness (QED) is 0.467. The first-order valence-corrected chi connectivity index (χ1v) is 11.4. The first-order valence-electron chi connectivity index (χ1n) is 11.4. The fraction of sp³-hybridized carbons (Fsp3) is 0.458. The summed E-state index contributed by atoms with van der Waals surface area (Å²) < 4.78 is 52.7. The molecule has 186 valence electrons. The van der Waals surface area contributed by atoms with E-state index < -0.39 is 25.2 Å². The lowest BCUT2D eigenvalue weighted by atomic mass is 10.0. The zero-order valence-corrected chi connectivity index (χ0v) is 19.3. The minimum absolute atomic E-state index is 0.0653. The Labute approximate surface area is 199 Å². The van der Waals surface area contributed by atoms with Crippen molar-refractivity contribution in [2.45, 2.75) is 51.4 Å². The Morgan fingerprint density at radius 2 is 2.06 bits per heavy atom. The van der Waals surface area contributed by atoms with Gasteiger partial charge in [0.15, 0.2) is 12.5 Å². The Balaban J connectivity index is 1.45. The zero-order chi connectivity index (χ0) is 25.2. The van der Waals surface area contributed by atoms with E-state index >= 15 is 0 Å². The summed E-state index contributed by atoms with van der Waals surface area (Å²) in [6.45, 7) is 3.01. The normalized spacial score (nSPS) is 15.4. The summed E-state index contributed by atoms with van der Waals surface area (Å²) in [5, 5.41) is 12.5. The van der Waals surface area contributed by atoms with E-state index in [4.69, 9.17) is 5.26 Å². The van der Waals surface area contributed by atoms with Crippen LogP contribution in [0.5, 0.6) is 0 Å². The number of hydrogen-bond donors (Lipinski definition) is 2. The minimum atomic E-state index is -4.32. The molecule has 0 saturated carbocycles. The number of aryl methyl sites for hydroxylation is 2. The molecule has 0 unspecified atom stereocenters. The van der Waals surface area contributed by atoms with Gasteiger partial charge in [0.1, 0.15) is 17.6 Å². The van der Waals surface area contributed by atoms with Crippen molar-refractivity contribution in [2.24, 2.45) is 0 Å². The van der Waals surface area contributed by atoms with Crippen molar-refractivity contribution in [3.8, 4) is 6.07 Å². The number of halogens is 4. The molecule has 0 aliphatic carbocycles. The number of alkyl halides is 4. The number of H-pyrrole nitrogens is 1. The van der Waals surface area contributed by atoms with Gasteiger partial charge >= 0.3 is 6.18 Å². The third kappa shape index (κ3) is 5.82. The SMILES string of the molecule is Cc1c(CN2CCC(n3cc(NC(=O)CF)nc3CCC(F)(F)F)CC2)ccc2[nH]c(C#N)cc12. The monoisotopic (exact) mass is 490 g/mol. The molecule has 0 atom stereocenters. The average molecular weight is 491 g/mol. The number of likely N-dealkylation sites (tertiary alicyclic amines) is 1. The van der Waals surface area contributed by atoms with E-state index in [0.29, 0.717) is 18.5 Å². The lowest BCUT2D eigenvalue weighted by Crippen LogP contribution is -2.34. The molecule has 7 nitrogen and oxygen atoms in total. The molecule has 2 N–H and O–H groups in total. The molecule has 3 aromatic rings. The molecular weight excluding hydrogens is 464 g/mol. The number of imidazole rings is 1. The van der Waals surface area contributed by atoms with E-state index in [-0.39, 0.29) is 24.1 Å². The summed E-state index contributed by atoms with van der Waals surface area (Å²) in [4.78, 5) is 20.9. The van der Waals surface area contributed by atoms with E-state index in [2.05, 4.69) is 26.3 Å². The van der Waals surface area contributed by atoms with Gasteiger partial charge in [-0.25, -0.2) is 9.37 Å². The summed E-state index contributed by atoms with van der Waals surface area (Å²) >= 11 is 0. The zero-order valence-electron chi connectivity index (χ0n) is 19.3. The van der Waals surface area contributed by atoms with Crippen molar-refractivity contribution >= 4 is 22.6 Å². The van der Waals surface area contributed by atoms with Gasteiger partial charge in [-0.3, -0.25) is 9.69 Å². The molecule has 35 heavy (non-hydrogen) atoms. The topological polar surface area (TPSA) is 89.7 Å². The molecule has 1 saturated heterocycles. The summed E-state index contributed by atoms with van der Waals surface area (Å²) in [6, 6.07) is 7.92. The lowest BCUT2D eigenvalue weighted by Gasteiger charge is -2.33. The highest BCUT2D eigenvalue weighted by Gasteiger charge is 2.29. The molecule has 11 heteroatoms. The third-order valence-corrected chi connectivity index (χ3v) is 6.48. The van der Waals surface area contributed by atoms with Crippen LogP contribution in [0.15, 0.2) is 24.4 Å². The maximum absolute atomic E-state index is 12.8. The van der Waals surface area contributed by atoms with Crippen LogP contribution in [-0.4, -0.2) is 51.3 Å². The maximum atomic E-state index is 12.8. The number of hydrogen-bond acceptors (Lipinski definition) is 4. The summed E-state index contributed by atoms with van der Waals surface area (Å²) in [6.07, 6.45) is -2.74. The maximum Gasteiger partial charge on any atom is 0.389 e. The smallest absolute Gasteiger partial charge is 0.346 e. The molecule has 2 aromatic heterocycles. The third-order valence-electron chi connectivity index (χ3n) is 6.48. The predicted molar refractivity (Wildman–Crippen MR) is 123 cm³/mol.